The number of amides is 1. The Labute approximate surface area is 279 Å². The number of fused-ring (bicyclic) bond motifs is 2. The van der Waals surface area contributed by atoms with Crippen LogP contribution in [0.1, 0.15) is 98.0 Å². The minimum absolute atomic E-state index is 0.0962. The van der Waals surface area contributed by atoms with Gasteiger partial charge >= 0.3 is 12.1 Å². The van der Waals surface area contributed by atoms with E-state index in [-0.39, 0.29) is 40.7 Å². The van der Waals surface area contributed by atoms with Crippen LogP contribution in [0.3, 0.4) is 0 Å². The van der Waals surface area contributed by atoms with Gasteiger partial charge in [0.25, 0.3) is 8.32 Å². The molecule has 1 aromatic rings. The summed E-state index contributed by atoms with van der Waals surface area (Å²) < 4.78 is 30.4. The maximum Gasteiger partial charge on any atom is 0.439 e. The van der Waals surface area contributed by atoms with Crippen LogP contribution in [0.5, 0.6) is 5.75 Å². The van der Waals surface area contributed by atoms with Gasteiger partial charge in [0.05, 0.1) is 11.8 Å². The van der Waals surface area contributed by atoms with Crippen LogP contribution in [0.15, 0.2) is 29.9 Å². The molecule has 0 aromatic heterocycles. The molecule has 1 aromatic carbocycles. The van der Waals surface area contributed by atoms with Crippen LogP contribution in [0.2, 0.25) is 18.1 Å². The van der Waals surface area contributed by atoms with Crippen LogP contribution in [0.25, 0.3) is 6.08 Å². The molecule has 2 heterocycles. The highest BCUT2D eigenvalue weighted by Gasteiger charge is 2.44. The summed E-state index contributed by atoms with van der Waals surface area (Å²) in [6.07, 6.45) is 3.22. The molecule has 2 aliphatic heterocycles. The Hall–Kier alpha value is -3.32. The summed E-state index contributed by atoms with van der Waals surface area (Å²) in [5, 5.41) is 0.625. The number of hydrogen-bond donors (Lipinski definition) is 0. The summed E-state index contributed by atoms with van der Waals surface area (Å²) in [6.45, 7) is 22.0. The predicted octanol–water partition coefficient (Wildman–Crippen LogP) is 7.33. The number of aldehydes is 1. The first-order valence-corrected chi connectivity index (χ1v) is 18.9. The van der Waals surface area contributed by atoms with E-state index in [1.54, 1.807) is 72.8 Å². The van der Waals surface area contributed by atoms with Crippen molar-refractivity contribution in [1.29, 1.82) is 0 Å². The third-order valence-corrected chi connectivity index (χ3v) is 12.6. The Kier molecular flexibility index (Phi) is 11.7. The Morgan fingerprint density at radius 3 is 2.36 bits per heavy atom. The topological polar surface area (TPSA) is 127 Å². The minimum Gasteiger partial charge on any atom is -0.543 e. The molecule has 47 heavy (non-hydrogen) atoms. The summed E-state index contributed by atoms with van der Waals surface area (Å²) in [4.78, 5) is 57.5. The molecule has 0 N–H and O–H groups in total. The van der Waals surface area contributed by atoms with Crippen molar-refractivity contribution in [2.24, 2.45) is 0 Å². The number of hydrogen-bond acceptors (Lipinski definition) is 10. The molecule has 3 rings (SSSR count). The van der Waals surface area contributed by atoms with Crippen LogP contribution in [0.4, 0.5) is 10.5 Å². The molecule has 11 nitrogen and oxygen atoms in total. The fraction of sp³-hybridized carbons (Fsp3) is 0.600. The quantitative estimate of drug-likeness (QED) is 0.0996. The number of nitrogens with zero attached hydrogens (tertiary/aromatic N) is 1. The lowest BCUT2D eigenvalue weighted by Crippen LogP contribution is -2.44. The number of ketones is 1. The lowest BCUT2D eigenvalue weighted by atomic mass is 9.99. The van der Waals surface area contributed by atoms with E-state index in [1.165, 1.54) is 6.07 Å². The van der Waals surface area contributed by atoms with Gasteiger partial charge in [-0.3, -0.25) is 9.63 Å². The molecule has 0 radical (unpaired) electrons. The van der Waals surface area contributed by atoms with Gasteiger partial charge in [0.1, 0.15) is 42.0 Å². The first-order valence-electron chi connectivity index (χ1n) is 15.9. The Morgan fingerprint density at radius 1 is 1.11 bits per heavy atom. The zero-order valence-electron chi connectivity index (χ0n) is 29.8. The fourth-order valence-corrected chi connectivity index (χ4v) is 5.72. The maximum atomic E-state index is 14.1. The van der Waals surface area contributed by atoms with Crippen molar-refractivity contribution in [3.8, 4) is 5.75 Å². The molecule has 3 atom stereocenters. The van der Waals surface area contributed by atoms with Gasteiger partial charge in [-0.05, 0) is 90.2 Å². The smallest absolute Gasteiger partial charge is 0.439 e. The van der Waals surface area contributed by atoms with Crippen LogP contribution >= 0.6 is 0 Å². The maximum absolute atomic E-state index is 14.1. The van der Waals surface area contributed by atoms with Gasteiger partial charge in [-0.15, -0.1) is 0 Å². The number of cyclic esters (lactones) is 1. The normalized spacial score (nSPS) is 22.3. The molecule has 0 aliphatic carbocycles. The molecule has 0 unspecified atom stereocenters. The molecular weight excluding hydrogens is 622 g/mol. The molecule has 0 bridgehead atoms. The number of allylic oxidation sites excluding steroid dienone is 1. The van der Waals surface area contributed by atoms with E-state index in [1.807, 2.05) is 13.1 Å². The molecule has 2 aliphatic rings. The summed E-state index contributed by atoms with van der Waals surface area (Å²) in [7, 11) is -2.59. The molecule has 260 valence electrons. The van der Waals surface area contributed by atoms with Crippen LogP contribution in [-0.4, -0.2) is 68.8 Å². The SMILES string of the molecule is CC1=CCC(=O)[C@H]2OC(C)(C)O[C@H]2CC=Cc2cc(N(OCC=O)C(=O)OC(C)(C)C)cc(O[Si](C)(C)C(C)(C)C)c2C(=O)O[C@H]1C. The number of benzene rings is 1. The van der Waals surface area contributed by atoms with E-state index in [9.17, 15) is 19.2 Å². The number of rotatable bonds is 6. The summed E-state index contributed by atoms with van der Waals surface area (Å²) in [5.74, 6) is -1.56. The van der Waals surface area contributed by atoms with E-state index in [4.69, 9.17) is 28.2 Å². The summed E-state index contributed by atoms with van der Waals surface area (Å²) in [5.41, 5.74) is 0.507. The van der Waals surface area contributed by atoms with Gasteiger partial charge in [-0.25, -0.2) is 9.59 Å². The highest BCUT2D eigenvalue weighted by atomic mass is 28.4. The molecule has 0 spiro atoms. The number of ether oxygens (including phenoxy) is 4. The average molecular weight is 674 g/mol. The number of carbonyl (C=O) groups is 4. The van der Waals surface area contributed by atoms with Crippen molar-refractivity contribution in [2.45, 2.75) is 130 Å². The zero-order chi connectivity index (χ0) is 35.5. The average Bonchev–Trinajstić information content (AvgIpc) is 3.23. The van der Waals surface area contributed by atoms with Crippen LogP contribution in [-0.2, 0) is 33.4 Å². The predicted molar refractivity (Wildman–Crippen MR) is 181 cm³/mol. The lowest BCUT2D eigenvalue weighted by Gasteiger charge is -2.37. The van der Waals surface area contributed by atoms with Crippen molar-refractivity contribution < 1.29 is 47.4 Å². The number of esters is 1. The van der Waals surface area contributed by atoms with Crippen molar-refractivity contribution >= 4 is 44.2 Å². The Morgan fingerprint density at radius 2 is 1.77 bits per heavy atom. The highest BCUT2D eigenvalue weighted by molar-refractivity contribution is 6.74. The second-order valence-electron chi connectivity index (χ2n) is 14.9. The number of Topliss-reactive ketones (excluding diaryl/α,β-unsaturated/α-hetero) is 1. The van der Waals surface area contributed by atoms with E-state index in [2.05, 4.69) is 20.8 Å². The van der Waals surface area contributed by atoms with Gasteiger partial charge in [0.15, 0.2) is 11.6 Å². The second-order valence-corrected chi connectivity index (χ2v) is 19.6. The summed E-state index contributed by atoms with van der Waals surface area (Å²) in [6, 6.07) is 3.10. The third-order valence-electron chi connectivity index (χ3n) is 8.28. The molecule has 1 saturated heterocycles. The van der Waals surface area contributed by atoms with Crippen molar-refractivity contribution in [1.82, 2.24) is 0 Å². The van der Waals surface area contributed by atoms with E-state index in [0.717, 1.165) is 5.06 Å². The van der Waals surface area contributed by atoms with Crippen molar-refractivity contribution in [3.05, 3.63) is 41.0 Å². The highest BCUT2D eigenvalue weighted by Crippen LogP contribution is 2.41. The first-order chi connectivity index (χ1) is 21.5. The second kappa shape index (κ2) is 14.4. The largest absolute Gasteiger partial charge is 0.543 e. The minimum atomic E-state index is -2.59. The molecule has 1 fully saturated rings. The van der Waals surface area contributed by atoms with Gasteiger partial charge in [-0.2, -0.15) is 5.06 Å². The van der Waals surface area contributed by atoms with Gasteiger partial charge in [0.2, 0.25) is 0 Å². The molecule has 12 heteroatoms. The number of carbonyl (C=O) groups excluding carboxylic acids is 4. The van der Waals surface area contributed by atoms with Crippen molar-refractivity contribution in [3.63, 3.8) is 0 Å². The first kappa shape index (κ1) is 38.1. The third kappa shape index (κ3) is 9.85. The van der Waals surface area contributed by atoms with Gasteiger partial charge in [-0.1, -0.05) is 39.0 Å². The van der Waals surface area contributed by atoms with Crippen molar-refractivity contribution in [2.75, 3.05) is 11.7 Å². The zero-order valence-corrected chi connectivity index (χ0v) is 30.8. The number of anilines is 1. The Balaban J connectivity index is 2.30. The van der Waals surface area contributed by atoms with Gasteiger partial charge < -0.3 is 28.2 Å². The monoisotopic (exact) mass is 673 g/mol. The Bertz CT molecular complexity index is 1420. The lowest BCUT2D eigenvalue weighted by molar-refractivity contribution is -0.154. The molecule has 1 amide bonds. The van der Waals surface area contributed by atoms with Crippen LogP contribution < -0.4 is 9.49 Å². The molecular formula is C35H51NO10Si. The summed E-state index contributed by atoms with van der Waals surface area (Å²) >= 11 is 0. The molecule has 0 saturated carbocycles. The fourth-order valence-electron chi connectivity index (χ4n) is 4.70. The van der Waals surface area contributed by atoms with E-state index in [0.29, 0.717) is 17.4 Å². The standard InChI is InChI=1S/C35H51NO10Si/c1-22-16-17-26(38)30-27(43-35(9,10)44-30)15-13-14-24-20-25(36(41-19-18-37)32(40)45-33(3,4)5)21-28(29(24)31(39)42-23(22)2)46-47(11,12)34(6,7)8/h13-14,16,18,20-21,23,27,30H,15,17,19H2,1-12H3/t23-,27-,30+/m0/s1. The van der Waals surface area contributed by atoms with E-state index < -0.39 is 56.7 Å². The van der Waals surface area contributed by atoms with Gasteiger partial charge in [0, 0.05) is 12.5 Å². The van der Waals surface area contributed by atoms with Crippen LogP contribution in [0, 0.1) is 0 Å². The number of hydroxylamine groups is 1. The van der Waals surface area contributed by atoms with E-state index >= 15 is 0 Å².